The fraction of sp³-hybridized carbons (Fsp3) is 0.464. The first-order chi connectivity index (χ1) is 17.0. The normalized spacial score (nSPS) is 19.8. The topological polar surface area (TPSA) is 105 Å². The maximum Gasteiger partial charge on any atom is 0.407 e. The molecule has 35 heavy (non-hydrogen) atoms. The van der Waals surface area contributed by atoms with Crippen LogP contribution in [0, 0.1) is 11.8 Å². The van der Waals surface area contributed by atoms with Crippen molar-refractivity contribution in [1.29, 1.82) is 0 Å². The summed E-state index contributed by atoms with van der Waals surface area (Å²) in [5, 5.41) is 14.9. The zero-order chi connectivity index (χ0) is 24.8. The predicted octanol–water partition coefficient (Wildman–Crippen LogP) is 4.70. The number of benzene rings is 2. The lowest BCUT2D eigenvalue weighted by Crippen LogP contribution is -2.47. The van der Waals surface area contributed by atoms with E-state index >= 15 is 0 Å². The SMILES string of the molecule is CCC[C@H](NC(=O)C1CCCCC1CNC(=O)OCC1c2ccccc2-c2ccccc21)C(=O)O. The number of aliphatic carboxylic acids is 1. The van der Waals surface area contributed by atoms with Crippen LogP contribution in [0.3, 0.4) is 0 Å². The maximum atomic E-state index is 12.9. The van der Waals surface area contributed by atoms with Gasteiger partial charge in [0.1, 0.15) is 12.6 Å². The van der Waals surface area contributed by atoms with Crippen LogP contribution in [0.15, 0.2) is 48.5 Å². The van der Waals surface area contributed by atoms with Gasteiger partial charge in [0.05, 0.1) is 0 Å². The molecule has 2 aliphatic rings. The standard InChI is InChI=1S/C28H34N2O5/c1-2-9-25(27(32)33)30-26(31)19-11-4-3-10-18(19)16-29-28(34)35-17-24-22-14-7-5-12-20(22)21-13-6-8-15-23(21)24/h5-8,12-15,18-19,24-25H,2-4,9-11,16-17H2,1H3,(H,29,34)(H,30,31)(H,32,33)/t18?,19?,25-/m0/s1. The van der Waals surface area contributed by atoms with Crippen molar-refractivity contribution in [3.8, 4) is 11.1 Å². The molecule has 1 fully saturated rings. The molecule has 0 spiro atoms. The average molecular weight is 479 g/mol. The highest BCUT2D eigenvalue weighted by Gasteiger charge is 2.34. The zero-order valence-electron chi connectivity index (χ0n) is 20.2. The number of fused-ring (bicyclic) bond motifs is 3. The van der Waals surface area contributed by atoms with Gasteiger partial charge in [-0.3, -0.25) is 4.79 Å². The third kappa shape index (κ3) is 5.66. The molecular formula is C28H34N2O5. The molecule has 4 rings (SSSR count). The summed E-state index contributed by atoms with van der Waals surface area (Å²) in [5.74, 6) is -1.60. The number of nitrogens with one attached hydrogen (secondary N) is 2. The highest BCUT2D eigenvalue weighted by atomic mass is 16.5. The molecular weight excluding hydrogens is 444 g/mol. The van der Waals surface area contributed by atoms with Crippen LogP contribution in [0.4, 0.5) is 4.79 Å². The number of carboxylic acids is 1. The van der Waals surface area contributed by atoms with Crippen LogP contribution in [-0.4, -0.2) is 42.3 Å². The van der Waals surface area contributed by atoms with Crippen molar-refractivity contribution in [2.24, 2.45) is 11.8 Å². The lowest BCUT2D eigenvalue weighted by molar-refractivity contribution is -0.143. The molecule has 7 nitrogen and oxygen atoms in total. The molecule has 2 aliphatic carbocycles. The number of carbonyl (C=O) groups is 3. The van der Waals surface area contributed by atoms with E-state index in [1.807, 2.05) is 31.2 Å². The van der Waals surface area contributed by atoms with Gasteiger partial charge in [-0.2, -0.15) is 0 Å². The predicted molar refractivity (Wildman–Crippen MR) is 133 cm³/mol. The Morgan fingerprint density at radius 1 is 1.00 bits per heavy atom. The van der Waals surface area contributed by atoms with Crippen LogP contribution in [0.1, 0.15) is 62.5 Å². The minimum absolute atomic E-state index is 0.00660. The summed E-state index contributed by atoms with van der Waals surface area (Å²) in [4.78, 5) is 36.9. The van der Waals surface area contributed by atoms with E-state index in [1.54, 1.807) is 0 Å². The number of hydrogen-bond acceptors (Lipinski definition) is 4. The minimum Gasteiger partial charge on any atom is -0.480 e. The summed E-state index contributed by atoms with van der Waals surface area (Å²) in [5.41, 5.74) is 4.67. The highest BCUT2D eigenvalue weighted by molar-refractivity contribution is 5.85. The molecule has 7 heteroatoms. The van der Waals surface area contributed by atoms with Crippen molar-refractivity contribution in [1.82, 2.24) is 10.6 Å². The second-order valence-electron chi connectivity index (χ2n) is 9.55. The summed E-state index contributed by atoms with van der Waals surface area (Å²) in [7, 11) is 0. The number of carbonyl (C=O) groups excluding carboxylic acids is 2. The fourth-order valence-electron chi connectivity index (χ4n) is 5.49. The van der Waals surface area contributed by atoms with Gasteiger partial charge in [-0.1, -0.05) is 74.7 Å². The van der Waals surface area contributed by atoms with E-state index in [-0.39, 0.29) is 30.3 Å². The van der Waals surface area contributed by atoms with E-state index in [9.17, 15) is 19.5 Å². The van der Waals surface area contributed by atoms with E-state index in [4.69, 9.17) is 4.74 Å². The Morgan fingerprint density at radius 2 is 1.63 bits per heavy atom. The summed E-state index contributed by atoms with van der Waals surface area (Å²) in [6.45, 7) is 2.47. The highest BCUT2D eigenvalue weighted by Crippen LogP contribution is 2.44. The third-order valence-electron chi connectivity index (χ3n) is 7.29. The molecule has 2 unspecified atom stereocenters. The van der Waals surface area contributed by atoms with Gasteiger partial charge in [0, 0.05) is 18.4 Å². The van der Waals surface area contributed by atoms with Crippen molar-refractivity contribution in [3.63, 3.8) is 0 Å². The van der Waals surface area contributed by atoms with Gasteiger partial charge in [0.25, 0.3) is 0 Å². The summed E-state index contributed by atoms with van der Waals surface area (Å²) in [6.07, 6.45) is 3.99. The number of carboxylic acid groups (broad SMARTS) is 1. The summed E-state index contributed by atoms with van der Waals surface area (Å²) >= 11 is 0. The molecule has 0 bridgehead atoms. The second kappa shape index (κ2) is 11.4. The van der Waals surface area contributed by atoms with Gasteiger partial charge in [-0.25, -0.2) is 9.59 Å². The number of alkyl carbamates (subject to hydrolysis) is 1. The van der Waals surface area contributed by atoms with E-state index in [1.165, 1.54) is 11.1 Å². The van der Waals surface area contributed by atoms with Gasteiger partial charge in [-0.05, 0) is 47.4 Å². The first-order valence-corrected chi connectivity index (χ1v) is 12.6. The van der Waals surface area contributed by atoms with Gasteiger partial charge in [0.15, 0.2) is 0 Å². The smallest absolute Gasteiger partial charge is 0.407 e. The molecule has 0 aliphatic heterocycles. The third-order valence-corrected chi connectivity index (χ3v) is 7.29. The maximum absolute atomic E-state index is 12.9. The Balaban J connectivity index is 1.32. The first kappa shape index (κ1) is 24.8. The van der Waals surface area contributed by atoms with E-state index in [0.29, 0.717) is 25.8 Å². The van der Waals surface area contributed by atoms with Crippen LogP contribution >= 0.6 is 0 Å². The van der Waals surface area contributed by atoms with E-state index in [2.05, 4.69) is 34.9 Å². The molecule has 0 aromatic heterocycles. The molecule has 0 heterocycles. The van der Waals surface area contributed by atoms with Gasteiger partial charge in [0.2, 0.25) is 5.91 Å². The fourth-order valence-corrected chi connectivity index (χ4v) is 5.49. The molecule has 2 amide bonds. The average Bonchev–Trinajstić information content (AvgIpc) is 3.19. The van der Waals surface area contributed by atoms with Crippen molar-refractivity contribution >= 4 is 18.0 Å². The molecule has 186 valence electrons. The van der Waals surface area contributed by atoms with Crippen molar-refractivity contribution in [2.45, 2.75) is 57.4 Å². The molecule has 2 aromatic carbocycles. The number of ether oxygens (including phenoxy) is 1. The Morgan fingerprint density at radius 3 is 2.26 bits per heavy atom. The van der Waals surface area contributed by atoms with Gasteiger partial charge < -0.3 is 20.5 Å². The van der Waals surface area contributed by atoms with E-state index in [0.717, 1.165) is 30.4 Å². The Hall–Kier alpha value is -3.35. The summed E-state index contributed by atoms with van der Waals surface area (Å²) < 4.78 is 5.63. The van der Waals surface area contributed by atoms with Crippen LogP contribution in [0.2, 0.25) is 0 Å². The Bertz CT molecular complexity index is 1020. The van der Waals surface area contributed by atoms with Crippen LogP contribution in [0.25, 0.3) is 11.1 Å². The largest absolute Gasteiger partial charge is 0.480 e. The van der Waals surface area contributed by atoms with Crippen molar-refractivity contribution in [3.05, 3.63) is 59.7 Å². The number of amides is 2. The Labute approximate surface area is 206 Å². The lowest BCUT2D eigenvalue weighted by Gasteiger charge is -2.31. The molecule has 0 radical (unpaired) electrons. The quantitative estimate of drug-likeness (QED) is 0.485. The van der Waals surface area contributed by atoms with Crippen LogP contribution < -0.4 is 10.6 Å². The first-order valence-electron chi connectivity index (χ1n) is 12.6. The van der Waals surface area contributed by atoms with Crippen LogP contribution in [0.5, 0.6) is 0 Å². The monoisotopic (exact) mass is 478 g/mol. The van der Waals surface area contributed by atoms with Gasteiger partial charge in [-0.15, -0.1) is 0 Å². The van der Waals surface area contributed by atoms with Crippen molar-refractivity contribution in [2.75, 3.05) is 13.2 Å². The molecule has 3 atom stereocenters. The van der Waals surface area contributed by atoms with E-state index < -0.39 is 18.1 Å². The van der Waals surface area contributed by atoms with Crippen molar-refractivity contribution < 1.29 is 24.2 Å². The molecule has 0 saturated heterocycles. The minimum atomic E-state index is -1.01. The molecule has 1 saturated carbocycles. The zero-order valence-corrected chi connectivity index (χ0v) is 20.2. The van der Waals surface area contributed by atoms with Gasteiger partial charge >= 0.3 is 12.1 Å². The second-order valence-corrected chi connectivity index (χ2v) is 9.55. The number of rotatable bonds is 9. The molecule has 2 aromatic rings. The lowest BCUT2D eigenvalue weighted by atomic mass is 9.78. The summed E-state index contributed by atoms with van der Waals surface area (Å²) in [6, 6.07) is 15.5. The molecule has 3 N–H and O–H groups in total. The van der Waals surface area contributed by atoms with Crippen LogP contribution in [-0.2, 0) is 14.3 Å². The Kier molecular flexibility index (Phi) is 8.06. The number of hydrogen-bond donors (Lipinski definition) is 3.